The zero-order chi connectivity index (χ0) is 11.0. The van der Waals surface area contributed by atoms with Crippen molar-refractivity contribution in [3.05, 3.63) is 47.6 Å². The van der Waals surface area contributed by atoms with Gasteiger partial charge in [0.25, 0.3) is 0 Å². The number of rotatable bonds is 2. The summed E-state index contributed by atoms with van der Waals surface area (Å²) in [6.07, 6.45) is 1.32. The molecule has 0 aliphatic rings. The molecule has 0 N–H and O–H groups in total. The summed E-state index contributed by atoms with van der Waals surface area (Å²) in [7, 11) is 1.85. The van der Waals surface area contributed by atoms with E-state index in [1.54, 1.807) is 0 Å². The lowest BCUT2D eigenvalue weighted by molar-refractivity contribution is 0.104. The molecule has 0 radical (unpaired) electrons. The highest BCUT2D eigenvalue weighted by Gasteiger charge is 2.10. The molecule has 0 atom stereocenters. The van der Waals surface area contributed by atoms with Gasteiger partial charge in [-0.2, -0.15) is 0 Å². The minimum Gasteiger partial charge on any atom is -0.341 e. The van der Waals surface area contributed by atoms with Crippen LogP contribution in [0.1, 0.15) is 10.5 Å². The predicted molar refractivity (Wildman–Crippen MR) is 62.5 cm³/mol. The van der Waals surface area contributed by atoms with Crippen molar-refractivity contribution in [1.29, 1.82) is 0 Å². The Balaban J connectivity index is 2.74. The van der Waals surface area contributed by atoms with Gasteiger partial charge in [0.2, 0.25) is 5.78 Å². The molecule has 0 aliphatic carbocycles. The first-order chi connectivity index (χ1) is 7.13. The minimum absolute atomic E-state index is 0.0789. The molecule has 2 rings (SSSR count). The molecule has 15 heavy (non-hydrogen) atoms. The predicted octanol–water partition coefficient (Wildman–Crippen LogP) is 3.20. The number of halogens is 1. The number of fused-ring (bicyclic) bond motifs is 1. The van der Waals surface area contributed by atoms with Crippen molar-refractivity contribution in [1.82, 2.24) is 4.57 Å². The summed E-state index contributed by atoms with van der Waals surface area (Å²) in [6, 6.07) is 7.38. The van der Waals surface area contributed by atoms with E-state index in [0.717, 1.165) is 10.9 Å². The molecule has 0 bridgehead atoms. The van der Waals surface area contributed by atoms with Crippen LogP contribution in [0.25, 0.3) is 10.9 Å². The first-order valence-electron chi connectivity index (χ1n) is 4.55. The van der Waals surface area contributed by atoms with Crippen LogP contribution in [-0.4, -0.2) is 10.4 Å². The third-order valence-corrected chi connectivity index (χ3v) is 2.68. The van der Waals surface area contributed by atoms with Crippen LogP contribution >= 0.6 is 11.6 Å². The molecule has 1 heterocycles. The second kappa shape index (κ2) is 3.55. The van der Waals surface area contributed by atoms with Crippen molar-refractivity contribution in [2.24, 2.45) is 7.05 Å². The van der Waals surface area contributed by atoms with Gasteiger partial charge in [-0.25, -0.2) is 0 Å². The number of ketones is 1. The molecular formula is C12H10ClNO. The Bertz CT molecular complexity index is 554. The summed E-state index contributed by atoms with van der Waals surface area (Å²) >= 11 is 5.88. The molecule has 1 aromatic heterocycles. The van der Waals surface area contributed by atoms with Crippen LogP contribution in [0.5, 0.6) is 0 Å². The Labute approximate surface area is 92.8 Å². The Morgan fingerprint density at radius 1 is 1.47 bits per heavy atom. The zero-order valence-electron chi connectivity index (χ0n) is 8.33. The number of allylic oxidation sites excluding steroid dienone is 1. The third-order valence-electron chi connectivity index (χ3n) is 2.44. The number of nitrogens with zero attached hydrogens (tertiary/aromatic N) is 1. The zero-order valence-corrected chi connectivity index (χ0v) is 9.08. The normalized spacial score (nSPS) is 10.5. The lowest BCUT2D eigenvalue weighted by atomic mass is 10.2. The standard InChI is InChI=1S/C12H10ClNO/c1-3-12(15)11-7-8-6-9(13)4-5-10(8)14(11)2/h3-7H,1H2,2H3. The van der Waals surface area contributed by atoms with E-state index >= 15 is 0 Å². The number of aromatic nitrogens is 1. The van der Waals surface area contributed by atoms with Crippen LogP contribution in [0, 0.1) is 0 Å². The van der Waals surface area contributed by atoms with Gasteiger partial charge < -0.3 is 4.57 Å². The summed E-state index contributed by atoms with van der Waals surface area (Å²) in [6.45, 7) is 3.48. The van der Waals surface area contributed by atoms with Gasteiger partial charge in [0, 0.05) is 23.0 Å². The quantitative estimate of drug-likeness (QED) is 0.562. The maximum Gasteiger partial charge on any atom is 0.201 e. The van der Waals surface area contributed by atoms with Crippen molar-refractivity contribution in [2.75, 3.05) is 0 Å². The summed E-state index contributed by atoms with van der Waals surface area (Å²) in [4.78, 5) is 11.5. The average molecular weight is 220 g/mol. The van der Waals surface area contributed by atoms with Gasteiger partial charge in [-0.1, -0.05) is 18.2 Å². The lowest BCUT2D eigenvalue weighted by Crippen LogP contribution is -2.01. The van der Waals surface area contributed by atoms with Crippen molar-refractivity contribution in [3.63, 3.8) is 0 Å². The maximum atomic E-state index is 11.5. The van der Waals surface area contributed by atoms with Gasteiger partial charge in [-0.05, 0) is 30.3 Å². The number of carbonyl (C=O) groups excluding carboxylic acids is 1. The van der Waals surface area contributed by atoms with Crippen LogP contribution in [0.4, 0.5) is 0 Å². The van der Waals surface area contributed by atoms with E-state index in [-0.39, 0.29) is 5.78 Å². The van der Waals surface area contributed by atoms with E-state index in [0.29, 0.717) is 10.7 Å². The second-order valence-electron chi connectivity index (χ2n) is 3.36. The smallest absolute Gasteiger partial charge is 0.201 e. The van der Waals surface area contributed by atoms with E-state index in [9.17, 15) is 4.79 Å². The molecule has 2 aromatic rings. The highest BCUT2D eigenvalue weighted by molar-refractivity contribution is 6.31. The van der Waals surface area contributed by atoms with Crippen LogP contribution in [0.15, 0.2) is 36.9 Å². The topological polar surface area (TPSA) is 22.0 Å². The summed E-state index contributed by atoms with van der Waals surface area (Å²) < 4.78 is 1.84. The van der Waals surface area contributed by atoms with Gasteiger partial charge in [0.1, 0.15) is 0 Å². The SMILES string of the molecule is C=CC(=O)c1cc2cc(Cl)ccc2n1C. The molecule has 0 unspecified atom stereocenters. The molecule has 2 nitrogen and oxygen atoms in total. The van der Waals surface area contributed by atoms with E-state index in [2.05, 4.69) is 6.58 Å². The number of hydrogen-bond acceptors (Lipinski definition) is 1. The molecule has 0 amide bonds. The van der Waals surface area contributed by atoms with Gasteiger partial charge in [-0.15, -0.1) is 0 Å². The third kappa shape index (κ3) is 1.57. The summed E-state index contributed by atoms with van der Waals surface area (Å²) in [5.41, 5.74) is 1.62. The largest absolute Gasteiger partial charge is 0.341 e. The molecule has 0 saturated heterocycles. The van der Waals surface area contributed by atoms with Crippen molar-refractivity contribution in [3.8, 4) is 0 Å². The number of aryl methyl sites for hydroxylation is 1. The van der Waals surface area contributed by atoms with Gasteiger partial charge in [-0.3, -0.25) is 4.79 Å². The van der Waals surface area contributed by atoms with Crippen LogP contribution in [-0.2, 0) is 7.05 Å². The van der Waals surface area contributed by atoms with E-state index in [1.807, 2.05) is 35.9 Å². The second-order valence-corrected chi connectivity index (χ2v) is 3.80. The van der Waals surface area contributed by atoms with Crippen molar-refractivity contribution in [2.45, 2.75) is 0 Å². The Kier molecular flexibility index (Phi) is 2.37. The van der Waals surface area contributed by atoms with Gasteiger partial charge >= 0.3 is 0 Å². The number of benzene rings is 1. The van der Waals surface area contributed by atoms with E-state index in [4.69, 9.17) is 11.6 Å². The highest BCUT2D eigenvalue weighted by atomic mass is 35.5. The summed E-state index contributed by atoms with van der Waals surface area (Å²) in [5.74, 6) is -0.0789. The molecule has 1 aromatic carbocycles. The first kappa shape index (κ1) is 9.99. The highest BCUT2D eigenvalue weighted by Crippen LogP contribution is 2.22. The molecule has 76 valence electrons. The molecule has 0 spiro atoms. The summed E-state index contributed by atoms with van der Waals surface area (Å²) in [5, 5.41) is 1.64. The molecule has 3 heteroatoms. The average Bonchev–Trinajstić information content (AvgIpc) is 2.54. The monoisotopic (exact) mass is 219 g/mol. The fraction of sp³-hybridized carbons (Fsp3) is 0.0833. The van der Waals surface area contributed by atoms with Gasteiger partial charge in [0.05, 0.1) is 5.69 Å². The van der Waals surface area contributed by atoms with Crippen molar-refractivity contribution < 1.29 is 4.79 Å². The Morgan fingerprint density at radius 2 is 2.20 bits per heavy atom. The fourth-order valence-corrected chi connectivity index (χ4v) is 1.84. The Hall–Kier alpha value is -1.54. The van der Waals surface area contributed by atoms with Crippen LogP contribution in [0.2, 0.25) is 5.02 Å². The van der Waals surface area contributed by atoms with Crippen molar-refractivity contribution >= 4 is 28.3 Å². The lowest BCUT2D eigenvalue weighted by Gasteiger charge is -1.99. The maximum absolute atomic E-state index is 11.5. The van der Waals surface area contributed by atoms with E-state index in [1.165, 1.54) is 6.08 Å². The van der Waals surface area contributed by atoms with E-state index < -0.39 is 0 Å². The molecular weight excluding hydrogens is 210 g/mol. The molecule has 0 fully saturated rings. The fourth-order valence-electron chi connectivity index (χ4n) is 1.66. The van der Waals surface area contributed by atoms with Gasteiger partial charge in [0.15, 0.2) is 0 Å². The number of carbonyl (C=O) groups is 1. The minimum atomic E-state index is -0.0789. The van der Waals surface area contributed by atoms with Crippen LogP contribution < -0.4 is 0 Å². The molecule has 0 aliphatic heterocycles. The Morgan fingerprint density at radius 3 is 2.87 bits per heavy atom. The van der Waals surface area contributed by atoms with Crippen LogP contribution in [0.3, 0.4) is 0 Å². The first-order valence-corrected chi connectivity index (χ1v) is 4.93. The molecule has 0 saturated carbocycles. The number of hydrogen-bond donors (Lipinski definition) is 0.